The van der Waals surface area contributed by atoms with Gasteiger partial charge in [-0.1, -0.05) is 31.0 Å². The molecule has 11 nitrogen and oxygen atoms in total. The highest BCUT2D eigenvalue weighted by atomic mass is 32.2. The van der Waals surface area contributed by atoms with Crippen molar-refractivity contribution in [2.75, 3.05) is 6.54 Å². The van der Waals surface area contributed by atoms with Gasteiger partial charge in [-0.3, -0.25) is 19.1 Å². The van der Waals surface area contributed by atoms with Crippen molar-refractivity contribution in [2.45, 2.75) is 44.7 Å². The van der Waals surface area contributed by atoms with Crippen molar-refractivity contribution >= 4 is 27.2 Å². The van der Waals surface area contributed by atoms with Gasteiger partial charge in [0.05, 0.1) is 4.90 Å². The van der Waals surface area contributed by atoms with E-state index in [4.69, 9.17) is 4.74 Å². The molecule has 2 heterocycles. The predicted molar refractivity (Wildman–Crippen MR) is 117 cm³/mol. The maximum Gasteiger partial charge on any atom is 0.330 e. The normalized spacial score (nSPS) is 11.7. The van der Waals surface area contributed by atoms with E-state index >= 15 is 0 Å². The molecule has 0 atom stereocenters. The second-order valence-electron chi connectivity index (χ2n) is 7.32. The third-order valence-corrected chi connectivity index (χ3v) is 6.36. The third-order valence-electron chi connectivity index (χ3n) is 4.94. The predicted octanol–water partition coefficient (Wildman–Crippen LogP) is 0.554. The van der Waals surface area contributed by atoms with Crippen LogP contribution in [0.5, 0.6) is 0 Å². The zero-order valence-corrected chi connectivity index (χ0v) is 18.9. The van der Waals surface area contributed by atoms with E-state index in [0.29, 0.717) is 6.54 Å². The fourth-order valence-electron chi connectivity index (χ4n) is 3.09. The molecule has 0 radical (unpaired) electrons. The number of carbonyl (C=O) groups excluding carboxylic acids is 1. The lowest BCUT2D eigenvalue weighted by Gasteiger charge is -2.08. The highest BCUT2D eigenvalue weighted by Crippen LogP contribution is 2.12. The lowest BCUT2D eigenvalue weighted by Crippen LogP contribution is -2.31. The molecule has 0 saturated carbocycles. The van der Waals surface area contributed by atoms with E-state index in [0.717, 1.165) is 18.4 Å². The second kappa shape index (κ2) is 9.49. The number of ether oxygens (including phenoxy) is 1. The molecule has 3 aromatic rings. The van der Waals surface area contributed by atoms with Crippen molar-refractivity contribution in [3.8, 4) is 0 Å². The van der Waals surface area contributed by atoms with Gasteiger partial charge in [-0.25, -0.2) is 18.2 Å². The summed E-state index contributed by atoms with van der Waals surface area (Å²) in [7, 11) is -2.29. The van der Waals surface area contributed by atoms with Crippen molar-refractivity contribution in [2.24, 2.45) is 7.05 Å². The van der Waals surface area contributed by atoms with Crippen LogP contribution in [0.15, 0.2) is 38.8 Å². The van der Waals surface area contributed by atoms with Crippen LogP contribution in [-0.2, 0) is 39.8 Å². The molecule has 0 spiro atoms. The Hall–Kier alpha value is -3.25. The Kier molecular flexibility index (Phi) is 6.94. The van der Waals surface area contributed by atoms with Crippen molar-refractivity contribution in [1.29, 1.82) is 0 Å². The number of H-pyrrole nitrogens is 1. The number of hydrogen-bond donors (Lipinski definition) is 2. The summed E-state index contributed by atoms with van der Waals surface area (Å²) in [6.45, 7) is 3.34. The van der Waals surface area contributed by atoms with Crippen LogP contribution in [0.25, 0.3) is 11.2 Å². The van der Waals surface area contributed by atoms with Crippen LogP contribution >= 0.6 is 0 Å². The van der Waals surface area contributed by atoms with Gasteiger partial charge in [0.25, 0.3) is 5.56 Å². The van der Waals surface area contributed by atoms with Crippen LogP contribution < -0.4 is 16.0 Å². The zero-order valence-electron chi connectivity index (χ0n) is 18.0. The topological polar surface area (TPSA) is 145 Å². The van der Waals surface area contributed by atoms with Gasteiger partial charge >= 0.3 is 11.7 Å². The molecular formula is C20H25N5O6S. The number of carbonyl (C=O) groups is 1. The van der Waals surface area contributed by atoms with Crippen LogP contribution in [0.2, 0.25) is 0 Å². The second-order valence-corrected chi connectivity index (χ2v) is 9.09. The van der Waals surface area contributed by atoms with E-state index in [1.165, 1.54) is 21.3 Å². The van der Waals surface area contributed by atoms with E-state index in [1.54, 1.807) is 19.2 Å². The Labute approximate surface area is 184 Å². The molecule has 0 unspecified atom stereocenters. The summed E-state index contributed by atoms with van der Waals surface area (Å²) in [4.78, 5) is 43.1. The molecule has 0 fully saturated rings. The summed E-state index contributed by atoms with van der Waals surface area (Å²) in [6, 6.07) is 6.19. The highest BCUT2D eigenvalue weighted by molar-refractivity contribution is 7.89. The van der Waals surface area contributed by atoms with Crippen LogP contribution in [0, 0.1) is 6.92 Å². The summed E-state index contributed by atoms with van der Waals surface area (Å²) in [6.07, 6.45) is 1.58. The lowest BCUT2D eigenvalue weighted by atomic mass is 10.2. The Morgan fingerprint density at radius 3 is 2.56 bits per heavy atom. The number of sulfonamides is 1. The Morgan fingerprint density at radius 1 is 1.22 bits per heavy atom. The molecule has 172 valence electrons. The molecule has 2 N–H and O–H groups in total. The number of nitrogens with one attached hydrogen (secondary N) is 2. The number of aromatic nitrogens is 4. The number of benzene rings is 1. The molecule has 0 aliphatic heterocycles. The Morgan fingerprint density at radius 2 is 1.91 bits per heavy atom. The van der Waals surface area contributed by atoms with Crippen LogP contribution in [0.3, 0.4) is 0 Å². The first-order chi connectivity index (χ1) is 15.1. The van der Waals surface area contributed by atoms with Gasteiger partial charge in [-0.2, -0.15) is 4.72 Å². The number of hydrogen-bond acceptors (Lipinski definition) is 7. The van der Waals surface area contributed by atoms with Crippen LogP contribution in [-0.4, -0.2) is 40.0 Å². The monoisotopic (exact) mass is 463 g/mol. The minimum Gasteiger partial charge on any atom is -0.457 e. The van der Waals surface area contributed by atoms with E-state index in [1.807, 2.05) is 13.8 Å². The van der Waals surface area contributed by atoms with Gasteiger partial charge in [-0.05, 0) is 25.5 Å². The van der Waals surface area contributed by atoms with Crippen molar-refractivity contribution in [3.63, 3.8) is 0 Å². The molecule has 0 amide bonds. The SMILES string of the molecule is CCCCn1c(=O)[nH]c(=O)c2c1nc(COC(=O)CNS(=O)(=O)c1ccc(C)cc1)n2C. The molecule has 2 aromatic heterocycles. The van der Waals surface area contributed by atoms with Crippen molar-refractivity contribution in [1.82, 2.24) is 23.8 Å². The average Bonchev–Trinajstić information content (AvgIpc) is 3.07. The first kappa shape index (κ1) is 23.4. The van der Waals surface area contributed by atoms with Gasteiger partial charge in [0.2, 0.25) is 10.0 Å². The fraction of sp³-hybridized carbons (Fsp3) is 0.400. The van der Waals surface area contributed by atoms with Crippen LogP contribution in [0.4, 0.5) is 0 Å². The molecule has 0 aliphatic carbocycles. The summed E-state index contributed by atoms with van der Waals surface area (Å²) in [5.41, 5.74) is 0.164. The van der Waals surface area contributed by atoms with Gasteiger partial charge in [0.1, 0.15) is 19.0 Å². The molecule has 0 bridgehead atoms. The highest BCUT2D eigenvalue weighted by Gasteiger charge is 2.19. The third kappa shape index (κ3) is 4.97. The minimum atomic E-state index is -3.86. The number of fused-ring (bicyclic) bond motifs is 1. The molecule has 3 rings (SSSR count). The average molecular weight is 464 g/mol. The number of esters is 1. The largest absolute Gasteiger partial charge is 0.457 e. The molecule has 0 saturated heterocycles. The first-order valence-electron chi connectivity index (χ1n) is 10.0. The maximum absolute atomic E-state index is 12.3. The molecular weight excluding hydrogens is 438 g/mol. The van der Waals surface area contributed by atoms with Crippen molar-refractivity contribution in [3.05, 3.63) is 56.5 Å². The standard InChI is InChI=1S/C20H25N5O6S/c1-4-5-10-25-18-17(19(27)23-20(25)28)24(3)15(22-18)12-31-16(26)11-21-32(29,30)14-8-6-13(2)7-9-14/h6-9,21H,4-5,10-12H2,1-3H3,(H,23,27,28). The van der Waals surface area contributed by atoms with Crippen molar-refractivity contribution < 1.29 is 17.9 Å². The van der Waals surface area contributed by atoms with E-state index in [2.05, 4.69) is 14.7 Å². The number of rotatable bonds is 9. The Bertz CT molecular complexity index is 1350. The smallest absolute Gasteiger partial charge is 0.330 e. The van der Waals surface area contributed by atoms with Gasteiger partial charge < -0.3 is 9.30 Å². The maximum atomic E-state index is 12.3. The number of aryl methyl sites for hydroxylation is 3. The van der Waals surface area contributed by atoms with E-state index in [9.17, 15) is 22.8 Å². The summed E-state index contributed by atoms with van der Waals surface area (Å²) < 4.78 is 34.7. The van der Waals surface area contributed by atoms with Gasteiger partial charge in [0, 0.05) is 13.6 Å². The first-order valence-corrected chi connectivity index (χ1v) is 11.5. The van der Waals surface area contributed by atoms with E-state index in [-0.39, 0.29) is 28.5 Å². The van der Waals surface area contributed by atoms with Crippen LogP contribution in [0.1, 0.15) is 31.2 Å². The summed E-state index contributed by atoms with van der Waals surface area (Å²) >= 11 is 0. The fourth-order valence-corrected chi connectivity index (χ4v) is 4.06. The zero-order chi connectivity index (χ0) is 23.5. The number of aromatic amines is 1. The number of imidazole rings is 1. The number of unbranched alkanes of at least 4 members (excludes halogenated alkanes) is 1. The molecule has 0 aliphatic rings. The minimum absolute atomic E-state index is 0.0375. The number of nitrogens with zero attached hydrogens (tertiary/aromatic N) is 3. The lowest BCUT2D eigenvalue weighted by molar-refractivity contribution is -0.143. The van der Waals surface area contributed by atoms with Gasteiger partial charge in [0.15, 0.2) is 11.2 Å². The summed E-state index contributed by atoms with van der Waals surface area (Å²) in [5.74, 6) is -0.568. The van der Waals surface area contributed by atoms with Gasteiger partial charge in [-0.15, -0.1) is 0 Å². The molecule has 12 heteroatoms. The molecule has 1 aromatic carbocycles. The quantitative estimate of drug-likeness (QED) is 0.441. The van der Waals surface area contributed by atoms with E-state index < -0.39 is 33.8 Å². The molecule has 32 heavy (non-hydrogen) atoms. The summed E-state index contributed by atoms with van der Waals surface area (Å²) in [5, 5.41) is 0. The Balaban J connectivity index is 1.72.